The first-order chi connectivity index (χ1) is 7.56. The second-order valence-corrected chi connectivity index (χ2v) is 3.96. The van der Waals surface area contributed by atoms with Crippen molar-refractivity contribution >= 4 is 5.96 Å². The van der Waals surface area contributed by atoms with E-state index in [1.54, 1.807) is 11.8 Å². The predicted molar refractivity (Wildman–Crippen MR) is 61.5 cm³/mol. The first-order valence-electron chi connectivity index (χ1n) is 5.16. The maximum Gasteiger partial charge on any atom is 0.216 e. The summed E-state index contributed by atoms with van der Waals surface area (Å²) in [6.45, 7) is 2.63. The molecule has 0 spiro atoms. The van der Waals surface area contributed by atoms with Gasteiger partial charge in [0.1, 0.15) is 0 Å². The molecule has 0 amide bonds. The topological polar surface area (TPSA) is 68.7 Å². The predicted octanol–water partition coefficient (Wildman–Crippen LogP) is 0.0383. The SMILES string of the molecule is COc1c(C2CN=C(N)N2C)c(C)nn1C. The number of nitrogens with two attached hydrogens (primary N) is 1. The van der Waals surface area contributed by atoms with E-state index in [4.69, 9.17) is 10.5 Å². The molecule has 2 N–H and O–H groups in total. The van der Waals surface area contributed by atoms with E-state index < -0.39 is 0 Å². The molecule has 0 saturated carbocycles. The number of guanidine groups is 1. The van der Waals surface area contributed by atoms with E-state index >= 15 is 0 Å². The van der Waals surface area contributed by atoms with Gasteiger partial charge in [0.25, 0.3) is 0 Å². The summed E-state index contributed by atoms with van der Waals surface area (Å²) in [6.07, 6.45) is 0. The van der Waals surface area contributed by atoms with E-state index in [2.05, 4.69) is 10.1 Å². The minimum Gasteiger partial charge on any atom is -0.481 e. The summed E-state index contributed by atoms with van der Waals surface area (Å²) in [7, 11) is 5.45. The van der Waals surface area contributed by atoms with Crippen molar-refractivity contribution < 1.29 is 4.74 Å². The van der Waals surface area contributed by atoms with Gasteiger partial charge in [-0.2, -0.15) is 5.10 Å². The van der Waals surface area contributed by atoms with Crippen LogP contribution in [-0.2, 0) is 7.05 Å². The minimum atomic E-state index is 0.128. The molecule has 2 rings (SSSR count). The van der Waals surface area contributed by atoms with E-state index in [1.807, 2.05) is 25.9 Å². The second kappa shape index (κ2) is 3.70. The third kappa shape index (κ3) is 1.41. The third-order valence-corrected chi connectivity index (χ3v) is 3.00. The molecule has 0 bridgehead atoms. The average molecular weight is 223 g/mol. The van der Waals surface area contributed by atoms with Crippen LogP contribution in [0.2, 0.25) is 0 Å². The zero-order valence-corrected chi connectivity index (χ0v) is 10.1. The molecule has 1 unspecified atom stereocenters. The lowest BCUT2D eigenvalue weighted by molar-refractivity contribution is 0.347. The minimum absolute atomic E-state index is 0.128. The number of nitrogens with zero attached hydrogens (tertiary/aromatic N) is 4. The highest BCUT2D eigenvalue weighted by Crippen LogP contribution is 2.33. The van der Waals surface area contributed by atoms with Gasteiger partial charge in [0.05, 0.1) is 31.0 Å². The van der Waals surface area contributed by atoms with Gasteiger partial charge in [-0.1, -0.05) is 0 Å². The van der Waals surface area contributed by atoms with Crippen LogP contribution in [0.5, 0.6) is 5.88 Å². The maximum absolute atomic E-state index is 5.76. The number of methoxy groups -OCH3 is 1. The van der Waals surface area contributed by atoms with E-state index in [1.165, 1.54) is 0 Å². The van der Waals surface area contributed by atoms with Crippen molar-refractivity contribution in [1.29, 1.82) is 0 Å². The smallest absolute Gasteiger partial charge is 0.216 e. The van der Waals surface area contributed by atoms with Gasteiger partial charge in [0, 0.05) is 14.1 Å². The van der Waals surface area contributed by atoms with Gasteiger partial charge in [0.15, 0.2) is 5.96 Å². The fourth-order valence-corrected chi connectivity index (χ4v) is 2.14. The Morgan fingerprint density at radius 1 is 1.44 bits per heavy atom. The number of likely N-dealkylation sites (N-methyl/N-ethyl adjacent to an activating group) is 1. The Morgan fingerprint density at radius 3 is 2.62 bits per heavy atom. The number of hydrogen-bond donors (Lipinski definition) is 1. The molecule has 0 radical (unpaired) electrons. The molecule has 0 fully saturated rings. The number of rotatable bonds is 2. The fraction of sp³-hybridized carbons (Fsp3) is 0.600. The lowest BCUT2D eigenvalue weighted by atomic mass is 10.1. The van der Waals surface area contributed by atoms with E-state index in [-0.39, 0.29) is 6.04 Å². The quantitative estimate of drug-likeness (QED) is 0.768. The molecule has 0 saturated heterocycles. The standard InChI is InChI=1S/C10H17N5O/c1-6-8(9(16-4)15(3)13-6)7-5-12-10(11)14(7)2/h7H,5H2,1-4H3,(H2,11,12). The van der Waals surface area contributed by atoms with Crippen LogP contribution in [-0.4, -0.2) is 41.3 Å². The summed E-state index contributed by atoms with van der Waals surface area (Å²) in [6, 6.07) is 0.128. The van der Waals surface area contributed by atoms with Gasteiger partial charge in [-0.15, -0.1) is 0 Å². The van der Waals surface area contributed by atoms with Crippen molar-refractivity contribution in [3.8, 4) is 5.88 Å². The third-order valence-electron chi connectivity index (χ3n) is 3.00. The van der Waals surface area contributed by atoms with E-state index in [0.29, 0.717) is 12.5 Å². The van der Waals surface area contributed by atoms with Gasteiger partial charge in [-0.3, -0.25) is 4.99 Å². The first kappa shape index (κ1) is 10.8. The summed E-state index contributed by atoms with van der Waals surface area (Å²) in [5, 5.41) is 4.36. The molecule has 6 nitrogen and oxygen atoms in total. The molecule has 6 heteroatoms. The Balaban J connectivity index is 2.41. The lowest BCUT2D eigenvalue weighted by Gasteiger charge is -2.21. The highest BCUT2D eigenvalue weighted by molar-refractivity contribution is 5.80. The van der Waals surface area contributed by atoms with E-state index in [0.717, 1.165) is 17.1 Å². The van der Waals surface area contributed by atoms with E-state index in [9.17, 15) is 0 Å². The van der Waals surface area contributed by atoms with Gasteiger partial charge < -0.3 is 15.4 Å². The van der Waals surface area contributed by atoms with Crippen LogP contribution in [0.25, 0.3) is 0 Å². The molecule has 1 aliphatic heterocycles. The summed E-state index contributed by atoms with van der Waals surface area (Å²) in [5.41, 5.74) is 7.79. The molecule has 1 aromatic rings. The molecule has 1 aliphatic rings. The van der Waals surface area contributed by atoms with Crippen LogP contribution in [0.15, 0.2) is 4.99 Å². The Morgan fingerprint density at radius 2 is 2.12 bits per heavy atom. The van der Waals surface area contributed by atoms with Crippen molar-refractivity contribution in [3.05, 3.63) is 11.3 Å². The molecule has 1 aromatic heterocycles. The summed E-state index contributed by atoms with van der Waals surface area (Å²) >= 11 is 0. The van der Waals surface area contributed by atoms with Crippen molar-refractivity contribution in [2.24, 2.45) is 17.8 Å². The second-order valence-electron chi connectivity index (χ2n) is 3.96. The molecular weight excluding hydrogens is 206 g/mol. The molecule has 16 heavy (non-hydrogen) atoms. The van der Waals surface area contributed by atoms with Crippen molar-refractivity contribution in [3.63, 3.8) is 0 Å². The monoisotopic (exact) mass is 223 g/mol. The summed E-state index contributed by atoms with van der Waals surface area (Å²) < 4.78 is 7.12. The van der Waals surface area contributed by atoms with Crippen molar-refractivity contribution in [2.75, 3.05) is 20.7 Å². The average Bonchev–Trinajstić information content (AvgIpc) is 2.69. The normalized spacial score (nSPS) is 20.1. The van der Waals surface area contributed by atoms with Gasteiger partial charge >= 0.3 is 0 Å². The number of ether oxygens (including phenoxy) is 1. The largest absolute Gasteiger partial charge is 0.481 e. The molecule has 1 atom stereocenters. The first-order valence-corrected chi connectivity index (χ1v) is 5.16. The van der Waals surface area contributed by atoms with Crippen molar-refractivity contribution in [1.82, 2.24) is 14.7 Å². The van der Waals surface area contributed by atoms with Gasteiger partial charge in [0.2, 0.25) is 5.88 Å². The summed E-state index contributed by atoms with van der Waals surface area (Å²) in [4.78, 5) is 6.18. The molecule has 0 aromatic carbocycles. The number of aliphatic imine (C=N–C) groups is 1. The molecule has 2 heterocycles. The Bertz CT molecular complexity index is 437. The highest BCUT2D eigenvalue weighted by Gasteiger charge is 2.30. The zero-order chi connectivity index (χ0) is 11.9. The Kier molecular flexibility index (Phi) is 2.49. The maximum atomic E-state index is 5.76. The van der Waals surface area contributed by atoms with Gasteiger partial charge in [-0.05, 0) is 6.92 Å². The molecular formula is C10H17N5O. The van der Waals surface area contributed by atoms with Crippen LogP contribution in [0, 0.1) is 6.92 Å². The van der Waals surface area contributed by atoms with Crippen LogP contribution < -0.4 is 10.5 Å². The van der Waals surface area contributed by atoms with Crippen LogP contribution >= 0.6 is 0 Å². The Hall–Kier alpha value is -1.72. The number of aromatic nitrogens is 2. The zero-order valence-electron chi connectivity index (χ0n) is 10.1. The Labute approximate surface area is 94.7 Å². The van der Waals surface area contributed by atoms with Crippen LogP contribution in [0.1, 0.15) is 17.3 Å². The van der Waals surface area contributed by atoms with Gasteiger partial charge in [-0.25, -0.2) is 4.68 Å². The fourth-order valence-electron chi connectivity index (χ4n) is 2.14. The molecule has 88 valence electrons. The summed E-state index contributed by atoms with van der Waals surface area (Å²) in [5.74, 6) is 1.34. The number of hydrogen-bond acceptors (Lipinski definition) is 5. The van der Waals surface area contributed by atoms with Crippen molar-refractivity contribution in [2.45, 2.75) is 13.0 Å². The lowest BCUT2D eigenvalue weighted by Crippen LogP contribution is -2.32. The molecule has 0 aliphatic carbocycles. The number of aryl methyl sites for hydroxylation is 2. The van der Waals surface area contributed by atoms with Crippen LogP contribution in [0.3, 0.4) is 0 Å². The highest BCUT2D eigenvalue weighted by atomic mass is 16.5. The van der Waals surface area contributed by atoms with Crippen LogP contribution in [0.4, 0.5) is 0 Å².